The third kappa shape index (κ3) is 4.94. The van der Waals surface area contributed by atoms with E-state index in [1.165, 1.54) is 0 Å². The normalized spacial score (nSPS) is 11.7. The Morgan fingerprint density at radius 1 is 0.857 bits per heavy atom. The predicted octanol–water partition coefficient (Wildman–Crippen LogP) is 5.84. The summed E-state index contributed by atoms with van der Waals surface area (Å²) in [5, 5.41) is 4.97. The van der Waals surface area contributed by atoms with E-state index in [0.717, 1.165) is 33.6 Å². The minimum absolute atomic E-state index is 0.136. The van der Waals surface area contributed by atoms with Crippen molar-refractivity contribution in [2.24, 2.45) is 0 Å². The number of alkyl carbamates (subject to hydrolysis) is 1. The van der Waals surface area contributed by atoms with Crippen molar-refractivity contribution in [2.75, 3.05) is 13.2 Å². The van der Waals surface area contributed by atoms with Crippen LogP contribution in [-0.2, 0) is 4.74 Å². The third-order valence-electron chi connectivity index (χ3n) is 4.32. The van der Waals surface area contributed by atoms with E-state index in [-0.39, 0.29) is 6.04 Å². The maximum atomic E-state index is 11.6. The van der Waals surface area contributed by atoms with Gasteiger partial charge in [-0.05, 0) is 79.6 Å². The van der Waals surface area contributed by atoms with Gasteiger partial charge in [0.25, 0.3) is 0 Å². The van der Waals surface area contributed by atoms with Crippen LogP contribution in [0.3, 0.4) is 0 Å². The quantitative estimate of drug-likeness (QED) is 0.560. The summed E-state index contributed by atoms with van der Waals surface area (Å²) in [7, 11) is 0. The molecule has 0 aromatic heterocycles. The molecule has 3 aromatic rings. The molecule has 0 spiro atoms. The van der Waals surface area contributed by atoms with Crippen molar-refractivity contribution in [3.63, 3.8) is 0 Å². The number of rotatable bonds is 7. The Hall–Kier alpha value is -3.21. The highest BCUT2D eigenvalue weighted by molar-refractivity contribution is 5.85. The van der Waals surface area contributed by atoms with Gasteiger partial charge in [0, 0.05) is 0 Å². The van der Waals surface area contributed by atoms with E-state index in [4.69, 9.17) is 14.2 Å². The number of nitrogens with one attached hydrogen (secondary N) is 1. The average Bonchev–Trinajstić information content (AvgIpc) is 2.69. The summed E-state index contributed by atoms with van der Waals surface area (Å²) in [6.45, 7) is 6.67. The van der Waals surface area contributed by atoms with Crippen molar-refractivity contribution in [3.05, 3.63) is 66.2 Å². The van der Waals surface area contributed by atoms with Crippen LogP contribution in [0.2, 0.25) is 0 Å². The highest BCUT2D eigenvalue weighted by atomic mass is 16.5. The highest BCUT2D eigenvalue weighted by Crippen LogP contribution is 2.28. The lowest BCUT2D eigenvalue weighted by atomic mass is 10.0. The molecule has 0 saturated carbocycles. The topological polar surface area (TPSA) is 56.8 Å². The molecular weight excluding hydrogens is 354 g/mol. The second-order valence-corrected chi connectivity index (χ2v) is 6.36. The van der Waals surface area contributed by atoms with Gasteiger partial charge >= 0.3 is 6.09 Å². The number of benzene rings is 3. The van der Waals surface area contributed by atoms with Crippen LogP contribution in [0.5, 0.6) is 17.2 Å². The standard InChI is InChI=1S/C23H25NO4/c1-4-26-20-10-12-21(13-11-20)28-22-9-8-18-14-17(6-7-19(18)15-22)16(3)24-23(25)27-5-2/h6-16H,4-5H2,1-3H3,(H,24,25). The van der Waals surface area contributed by atoms with Gasteiger partial charge in [-0.3, -0.25) is 0 Å². The first-order chi connectivity index (χ1) is 13.6. The Morgan fingerprint density at radius 3 is 2.21 bits per heavy atom. The Kier molecular flexibility index (Phi) is 6.37. The molecule has 0 aliphatic heterocycles. The fourth-order valence-corrected chi connectivity index (χ4v) is 2.91. The van der Waals surface area contributed by atoms with Gasteiger partial charge in [-0.1, -0.05) is 18.2 Å². The van der Waals surface area contributed by atoms with Gasteiger partial charge in [0.15, 0.2) is 0 Å². The van der Waals surface area contributed by atoms with Gasteiger partial charge in [0.05, 0.1) is 19.3 Å². The lowest BCUT2D eigenvalue weighted by Crippen LogP contribution is -2.27. The lowest BCUT2D eigenvalue weighted by molar-refractivity contribution is 0.149. The van der Waals surface area contributed by atoms with Crippen molar-refractivity contribution in [3.8, 4) is 17.2 Å². The SMILES string of the molecule is CCOC(=O)NC(C)c1ccc2cc(Oc3ccc(OCC)cc3)ccc2c1. The molecule has 0 saturated heterocycles. The van der Waals surface area contributed by atoms with Crippen molar-refractivity contribution in [1.29, 1.82) is 0 Å². The summed E-state index contributed by atoms with van der Waals surface area (Å²) in [5.41, 5.74) is 1.01. The number of hydrogen-bond donors (Lipinski definition) is 1. The van der Waals surface area contributed by atoms with E-state index in [9.17, 15) is 4.79 Å². The van der Waals surface area contributed by atoms with Gasteiger partial charge in [-0.15, -0.1) is 0 Å². The second-order valence-electron chi connectivity index (χ2n) is 6.36. The number of fused-ring (bicyclic) bond motifs is 1. The van der Waals surface area contributed by atoms with Crippen LogP contribution in [-0.4, -0.2) is 19.3 Å². The zero-order chi connectivity index (χ0) is 19.9. The van der Waals surface area contributed by atoms with Crippen LogP contribution in [0.25, 0.3) is 10.8 Å². The summed E-state index contributed by atoms with van der Waals surface area (Å²) in [5.74, 6) is 2.35. The van der Waals surface area contributed by atoms with Crippen LogP contribution in [0.15, 0.2) is 60.7 Å². The first-order valence-corrected chi connectivity index (χ1v) is 9.46. The summed E-state index contributed by atoms with van der Waals surface area (Å²) >= 11 is 0. The molecule has 3 rings (SSSR count). The molecule has 5 nitrogen and oxygen atoms in total. The van der Waals surface area contributed by atoms with Gasteiger partial charge in [-0.2, -0.15) is 0 Å². The predicted molar refractivity (Wildman–Crippen MR) is 110 cm³/mol. The molecule has 0 aliphatic rings. The lowest BCUT2D eigenvalue weighted by Gasteiger charge is -2.15. The molecular formula is C23H25NO4. The maximum Gasteiger partial charge on any atom is 0.407 e. The zero-order valence-corrected chi connectivity index (χ0v) is 16.4. The van der Waals surface area contributed by atoms with Crippen molar-refractivity contribution in [2.45, 2.75) is 26.8 Å². The summed E-state index contributed by atoms with van der Waals surface area (Å²) in [4.78, 5) is 11.6. The summed E-state index contributed by atoms with van der Waals surface area (Å²) in [6.07, 6.45) is -0.408. The summed E-state index contributed by atoms with van der Waals surface area (Å²) < 4.78 is 16.3. The Bertz CT molecular complexity index is 937. The van der Waals surface area contributed by atoms with E-state index >= 15 is 0 Å². The average molecular weight is 379 g/mol. The first kappa shape index (κ1) is 19.5. The number of hydrogen-bond acceptors (Lipinski definition) is 4. The largest absolute Gasteiger partial charge is 0.494 e. The molecule has 0 bridgehead atoms. The monoisotopic (exact) mass is 379 g/mol. The second kappa shape index (κ2) is 9.13. The van der Waals surface area contributed by atoms with Gasteiger partial charge in [0.1, 0.15) is 17.2 Å². The number of amides is 1. The number of carbonyl (C=O) groups is 1. The van der Waals surface area contributed by atoms with Gasteiger partial charge in [0.2, 0.25) is 0 Å². The Labute approximate surface area is 165 Å². The minimum Gasteiger partial charge on any atom is -0.494 e. The van der Waals surface area contributed by atoms with Crippen LogP contribution in [0, 0.1) is 0 Å². The number of ether oxygens (including phenoxy) is 3. The van der Waals surface area contributed by atoms with Gasteiger partial charge < -0.3 is 19.5 Å². The van der Waals surface area contributed by atoms with Crippen molar-refractivity contribution in [1.82, 2.24) is 5.32 Å². The van der Waals surface area contributed by atoms with Crippen LogP contribution < -0.4 is 14.8 Å². The van der Waals surface area contributed by atoms with E-state index in [1.807, 2.05) is 68.4 Å². The molecule has 5 heteroatoms. The molecule has 3 aromatic carbocycles. The molecule has 1 atom stereocenters. The highest BCUT2D eigenvalue weighted by Gasteiger charge is 2.11. The van der Waals surface area contributed by atoms with Crippen LogP contribution in [0.4, 0.5) is 4.79 Å². The molecule has 1 amide bonds. The zero-order valence-electron chi connectivity index (χ0n) is 16.4. The molecule has 0 heterocycles. The van der Waals surface area contributed by atoms with E-state index in [1.54, 1.807) is 6.92 Å². The Balaban J connectivity index is 1.72. The van der Waals surface area contributed by atoms with Crippen molar-refractivity contribution < 1.29 is 19.0 Å². The molecule has 0 aliphatic carbocycles. The molecule has 1 unspecified atom stereocenters. The number of carbonyl (C=O) groups excluding carboxylic acids is 1. The van der Waals surface area contributed by atoms with Gasteiger partial charge in [-0.25, -0.2) is 4.79 Å². The maximum absolute atomic E-state index is 11.6. The van der Waals surface area contributed by atoms with E-state index in [0.29, 0.717) is 13.2 Å². The molecule has 1 N–H and O–H groups in total. The van der Waals surface area contributed by atoms with Crippen LogP contribution >= 0.6 is 0 Å². The third-order valence-corrected chi connectivity index (χ3v) is 4.32. The van der Waals surface area contributed by atoms with Crippen LogP contribution in [0.1, 0.15) is 32.4 Å². The Morgan fingerprint density at radius 2 is 1.50 bits per heavy atom. The first-order valence-electron chi connectivity index (χ1n) is 9.46. The molecule has 28 heavy (non-hydrogen) atoms. The fourth-order valence-electron chi connectivity index (χ4n) is 2.91. The van der Waals surface area contributed by atoms with E-state index < -0.39 is 6.09 Å². The minimum atomic E-state index is -0.408. The molecule has 0 radical (unpaired) electrons. The smallest absolute Gasteiger partial charge is 0.407 e. The van der Waals surface area contributed by atoms with E-state index in [2.05, 4.69) is 11.4 Å². The molecule has 146 valence electrons. The summed E-state index contributed by atoms with van der Waals surface area (Å²) in [6, 6.07) is 19.5. The molecule has 0 fully saturated rings. The van der Waals surface area contributed by atoms with Crippen molar-refractivity contribution >= 4 is 16.9 Å². The fraction of sp³-hybridized carbons (Fsp3) is 0.261.